The maximum absolute atomic E-state index is 5.76. The summed E-state index contributed by atoms with van der Waals surface area (Å²) in [4.78, 5) is 2.45. The molecule has 0 radical (unpaired) electrons. The number of fused-ring (bicyclic) bond motifs is 7. The van der Waals surface area contributed by atoms with Gasteiger partial charge in [-0.25, -0.2) is 0 Å². The predicted octanol–water partition coefficient (Wildman–Crippen LogP) is 3.57. The van der Waals surface area contributed by atoms with Gasteiger partial charge in [0.2, 0.25) is 13.6 Å². The molecule has 0 unspecified atom stereocenters. The largest absolute Gasteiger partial charge is 0.454 e. The summed E-state index contributed by atoms with van der Waals surface area (Å²) in [5.74, 6) is 3.45. The van der Waals surface area contributed by atoms with E-state index in [9.17, 15) is 0 Å². The molecule has 4 heterocycles. The van der Waals surface area contributed by atoms with E-state index in [2.05, 4.69) is 36.1 Å². The molecule has 2 aromatic rings. The summed E-state index contributed by atoms with van der Waals surface area (Å²) in [6.45, 7) is 3.83. The smallest absolute Gasteiger partial charge is 0.231 e. The van der Waals surface area contributed by atoms with E-state index in [0.29, 0.717) is 13.6 Å². The molecule has 5 heteroatoms. The van der Waals surface area contributed by atoms with E-state index < -0.39 is 0 Å². The molecule has 0 spiro atoms. The van der Waals surface area contributed by atoms with Gasteiger partial charge in [-0.3, -0.25) is 0 Å². The Balaban J connectivity index is 1.56. The lowest BCUT2D eigenvalue weighted by atomic mass is 9.86. The lowest BCUT2D eigenvalue weighted by molar-refractivity contribution is 0.171. The standard InChI is InChI=1S/C20H17NO4/c1-11-19-13(2-3-16-20(19)25-10-22-16)6-15-14-8-18-17(23-9-24-18)7-12(14)4-5-21(11)15/h2-3,6-8,11H,4-5,9-10H2,1H3/t11-/m0/s1. The van der Waals surface area contributed by atoms with Crippen molar-refractivity contribution in [2.24, 2.45) is 0 Å². The minimum absolute atomic E-state index is 0.241. The van der Waals surface area contributed by atoms with Gasteiger partial charge in [0.1, 0.15) is 0 Å². The van der Waals surface area contributed by atoms with Crippen molar-refractivity contribution in [2.75, 3.05) is 20.1 Å². The Morgan fingerprint density at radius 1 is 0.960 bits per heavy atom. The molecule has 4 aliphatic rings. The second-order valence-corrected chi connectivity index (χ2v) is 6.81. The molecule has 0 aromatic heterocycles. The molecule has 4 aliphatic heterocycles. The molecule has 126 valence electrons. The maximum Gasteiger partial charge on any atom is 0.231 e. The van der Waals surface area contributed by atoms with Crippen molar-refractivity contribution >= 4 is 11.8 Å². The van der Waals surface area contributed by atoms with Crippen LogP contribution < -0.4 is 18.9 Å². The van der Waals surface area contributed by atoms with Gasteiger partial charge in [0.15, 0.2) is 23.0 Å². The van der Waals surface area contributed by atoms with Crippen molar-refractivity contribution in [2.45, 2.75) is 19.4 Å². The second-order valence-electron chi connectivity index (χ2n) is 6.81. The third kappa shape index (κ3) is 1.73. The quantitative estimate of drug-likeness (QED) is 0.736. The van der Waals surface area contributed by atoms with Gasteiger partial charge >= 0.3 is 0 Å². The van der Waals surface area contributed by atoms with Gasteiger partial charge in [0.05, 0.1) is 6.04 Å². The minimum atomic E-state index is 0.241. The molecule has 0 aliphatic carbocycles. The van der Waals surface area contributed by atoms with Crippen molar-refractivity contribution in [3.8, 4) is 23.0 Å². The Hall–Kier alpha value is -2.82. The van der Waals surface area contributed by atoms with E-state index in [4.69, 9.17) is 18.9 Å². The molecule has 0 bridgehead atoms. The Kier molecular flexibility index (Phi) is 2.49. The van der Waals surface area contributed by atoms with Crippen LogP contribution in [0.5, 0.6) is 23.0 Å². The van der Waals surface area contributed by atoms with E-state index in [0.717, 1.165) is 36.0 Å². The fourth-order valence-electron chi connectivity index (χ4n) is 4.38. The van der Waals surface area contributed by atoms with Crippen LogP contribution in [0.2, 0.25) is 0 Å². The van der Waals surface area contributed by atoms with Crippen LogP contribution in [0.3, 0.4) is 0 Å². The average Bonchev–Trinajstić information content (AvgIpc) is 3.28. The Bertz CT molecular complexity index is 949. The van der Waals surface area contributed by atoms with Crippen LogP contribution in [0.1, 0.15) is 35.2 Å². The molecule has 0 fully saturated rings. The van der Waals surface area contributed by atoms with Gasteiger partial charge in [-0.05, 0) is 48.7 Å². The molecule has 5 nitrogen and oxygen atoms in total. The fraction of sp³-hybridized carbons (Fsp3) is 0.300. The molecule has 25 heavy (non-hydrogen) atoms. The Morgan fingerprint density at radius 3 is 2.68 bits per heavy atom. The first kappa shape index (κ1) is 13.5. The van der Waals surface area contributed by atoms with Crippen molar-refractivity contribution in [1.29, 1.82) is 0 Å². The highest BCUT2D eigenvalue weighted by atomic mass is 16.7. The first-order valence-corrected chi connectivity index (χ1v) is 8.63. The zero-order chi connectivity index (χ0) is 16.5. The summed E-state index contributed by atoms with van der Waals surface area (Å²) < 4.78 is 22.5. The van der Waals surface area contributed by atoms with Crippen molar-refractivity contribution in [1.82, 2.24) is 4.90 Å². The zero-order valence-electron chi connectivity index (χ0n) is 13.9. The van der Waals surface area contributed by atoms with Crippen LogP contribution in [0, 0.1) is 0 Å². The SMILES string of the molecule is C[C@H]1c2c(ccc3c2OCO3)C=C2c3cc4c(cc3CCN21)OCO4. The summed E-state index contributed by atoms with van der Waals surface area (Å²) in [5, 5.41) is 0. The summed E-state index contributed by atoms with van der Waals surface area (Å²) in [7, 11) is 0. The highest BCUT2D eigenvalue weighted by molar-refractivity contribution is 5.88. The van der Waals surface area contributed by atoms with E-state index in [1.165, 1.54) is 28.0 Å². The van der Waals surface area contributed by atoms with Gasteiger partial charge in [-0.15, -0.1) is 0 Å². The molecular formula is C20H17NO4. The van der Waals surface area contributed by atoms with Gasteiger partial charge < -0.3 is 23.8 Å². The molecule has 0 saturated carbocycles. The normalized spacial score (nSPS) is 21.4. The molecule has 1 atom stereocenters. The molecule has 2 aromatic carbocycles. The van der Waals surface area contributed by atoms with Crippen LogP contribution in [0.25, 0.3) is 11.8 Å². The van der Waals surface area contributed by atoms with E-state index in [1.807, 2.05) is 6.07 Å². The Labute approximate surface area is 145 Å². The number of rotatable bonds is 0. The second kappa shape index (κ2) is 4.63. The fourth-order valence-corrected chi connectivity index (χ4v) is 4.38. The highest BCUT2D eigenvalue weighted by Gasteiger charge is 2.35. The van der Waals surface area contributed by atoms with Crippen molar-refractivity contribution in [3.05, 3.63) is 46.5 Å². The van der Waals surface area contributed by atoms with Crippen LogP contribution >= 0.6 is 0 Å². The summed E-state index contributed by atoms with van der Waals surface area (Å²) in [6, 6.07) is 8.63. The average molecular weight is 335 g/mol. The van der Waals surface area contributed by atoms with Crippen LogP contribution in [0.15, 0.2) is 24.3 Å². The molecule has 0 amide bonds. The topological polar surface area (TPSA) is 40.2 Å². The third-order valence-electron chi connectivity index (χ3n) is 5.59. The number of nitrogens with zero attached hydrogens (tertiary/aromatic N) is 1. The van der Waals surface area contributed by atoms with Crippen LogP contribution in [0.4, 0.5) is 0 Å². The summed E-state index contributed by atoms with van der Waals surface area (Å²) in [5.41, 5.74) is 6.24. The van der Waals surface area contributed by atoms with E-state index >= 15 is 0 Å². The number of ether oxygens (including phenoxy) is 4. The minimum Gasteiger partial charge on any atom is -0.454 e. The van der Waals surface area contributed by atoms with Gasteiger partial charge in [-0.1, -0.05) is 6.07 Å². The number of hydrogen-bond donors (Lipinski definition) is 0. The predicted molar refractivity (Wildman–Crippen MR) is 91.8 cm³/mol. The molecule has 6 rings (SSSR count). The lowest BCUT2D eigenvalue weighted by Gasteiger charge is -2.41. The number of benzene rings is 2. The molecular weight excluding hydrogens is 318 g/mol. The first-order valence-electron chi connectivity index (χ1n) is 8.63. The van der Waals surface area contributed by atoms with Crippen LogP contribution in [-0.4, -0.2) is 25.0 Å². The van der Waals surface area contributed by atoms with E-state index in [-0.39, 0.29) is 6.04 Å². The monoisotopic (exact) mass is 335 g/mol. The van der Waals surface area contributed by atoms with Crippen LogP contribution in [-0.2, 0) is 6.42 Å². The summed E-state index contributed by atoms with van der Waals surface area (Å²) >= 11 is 0. The van der Waals surface area contributed by atoms with Crippen molar-refractivity contribution < 1.29 is 18.9 Å². The van der Waals surface area contributed by atoms with Crippen molar-refractivity contribution in [3.63, 3.8) is 0 Å². The Morgan fingerprint density at radius 2 is 1.76 bits per heavy atom. The van der Waals surface area contributed by atoms with E-state index in [1.54, 1.807) is 0 Å². The maximum atomic E-state index is 5.76. The number of hydrogen-bond acceptors (Lipinski definition) is 5. The molecule has 0 N–H and O–H groups in total. The van der Waals surface area contributed by atoms with Gasteiger partial charge in [-0.2, -0.15) is 0 Å². The molecule has 0 saturated heterocycles. The first-order chi connectivity index (χ1) is 12.3. The third-order valence-corrected chi connectivity index (χ3v) is 5.59. The summed E-state index contributed by atoms with van der Waals surface area (Å²) in [6.07, 6.45) is 3.26. The van der Waals surface area contributed by atoms with Gasteiger partial charge in [0.25, 0.3) is 0 Å². The highest BCUT2D eigenvalue weighted by Crippen LogP contribution is 2.50. The lowest BCUT2D eigenvalue weighted by Crippen LogP contribution is -2.34. The zero-order valence-corrected chi connectivity index (χ0v) is 13.9. The van der Waals surface area contributed by atoms with Gasteiger partial charge in [0, 0.05) is 23.4 Å².